The van der Waals surface area contributed by atoms with E-state index in [9.17, 15) is 9.90 Å². The Bertz CT molecular complexity index is 312. The van der Waals surface area contributed by atoms with Gasteiger partial charge >= 0.3 is 5.97 Å². The Kier molecular flexibility index (Phi) is 11.1. The topological polar surface area (TPSA) is 46.5 Å². The molecule has 3 nitrogen and oxygen atoms in total. The molecule has 0 aromatic rings. The Morgan fingerprint density at radius 1 is 1.09 bits per heavy atom. The summed E-state index contributed by atoms with van der Waals surface area (Å²) in [7, 11) is 0. The highest BCUT2D eigenvalue weighted by Gasteiger charge is 2.29. The SMILES string of the molecule is CCCCCCCCCC/C=C/CC[C@@H](O)[C@@H]1CCC(=O)O1. The summed E-state index contributed by atoms with van der Waals surface area (Å²) in [6.45, 7) is 2.26. The van der Waals surface area contributed by atoms with Crippen molar-refractivity contribution in [3.8, 4) is 0 Å². The number of cyclic esters (lactones) is 1. The van der Waals surface area contributed by atoms with E-state index in [4.69, 9.17) is 4.74 Å². The molecule has 1 aliphatic heterocycles. The van der Waals surface area contributed by atoms with E-state index in [1.165, 1.54) is 51.4 Å². The van der Waals surface area contributed by atoms with Crippen molar-refractivity contribution in [2.24, 2.45) is 0 Å². The zero-order valence-electron chi connectivity index (χ0n) is 14.3. The van der Waals surface area contributed by atoms with Crippen molar-refractivity contribution in [3.63, 3.8) is 0 Å². The maximum Gasteiger partial charge on any atom is 0.306 e. The minimum absolute atomic E-state index is 0.172. The zero-order chi connectivity index (χ0) is 16.0. The van der Waals surface area contributed by atoms with E-state index in [0.29, 0.717) is 19.3 Å². The predicted octanol–water partition coefficient (Wildman–Crippen LogP) is 4.92. The van der Waals surface area contributed by atoms with Crippen LogP contribution in [0, 0.1) is 0 Å². The van der Waals surface area contributed by atoms with Crippen LogP contribution in [-0.4, -0.2) is 23.3 Å². The van der Waals surface area contributed by atoms with Gasteiger partial charge in [-0.15, -0.1) is 0 Å². The maximum absolute atomic E-state index is 11.0. The molecule has 1 saturated heterocycles. The van der Waals surface area contributed by atoms with Gasteiger partial charge in [-0.3, -0.25) is 4.79 Å². The fourth-order valence-corrected chi connectivity index (χ4v) is 2.90. The highest BCUT2D eigenvalue weighted by Crippen LogP contribution is 2.19. The van der Waals surface area contributed by atoms with E-state index in [1.807, 2.05) is 0 Å². The molecule has 0 radical (unpaired) electrons. The van der Waals surface area contributed by atoms with Gasteiger partial charge in [0, 0.05) is 6.42 Å². The second-order valence-corrected chi connectivity index (χ2v) is 6.45. The van der Waals surface area contributed by atoms with Crippen LogP contribution in [0.1, 0.15) is 90.4 Å². The summed E-state index contributed by atoms with van der Waals surface area (Å²) in [4.78, 5) is 11.0. The summed E-state index contributed by atoms with van der Waals surface area (Å²) in [5.74, 6) is -0.172. The molecule has 0 unspecified atom stereocenters. The number of unbranched alkanes of at least 4 members (excludes halogenated alkanes) is 8. The van der Waals surface area contributed by atoms with Crippen LogP contribution >= 0.6 is 0 Å². The lowest BCUT2D eigenvalue weighted by molar-refractivity contribution is -0.145. The lowest BCUT2D eigenvalue weighted by Gasteiger charge is -2.15. The van der Waals surface area contributed by atoms with Gasteiger partial charge in [-0.25, -0.2) is 0 Å². The first kappa shape index (κ1) is 19.2. The summed E-state index contributed by atoms with van der Waals surface area (Å²) >= 11 is 0. The number of aliphatic hydroxyl groups excluding tert-OH is 1. The Morgan fingerprint density at radius 2 is 1.73 bits per heavy atom. The predicted molar refractivity (Wildman–Crippen MR) is 90.7 cm³/mol. The quantitative estimate of drug-likeness (QED) is 0.298. The Labute approximate surface area is 136 Å². The van der Waals surface area contributed by atoms with Gasteiger partial charge in [0.1, 0.15) is 6.10 Å². The van der Waals surface area contributed by atoms with E-state index < -0.39 is 6.10 Å². The average Bonchev–Trinajstić information content (AvgIpc) is 2.95. The van der Waals surface area contributed by atoms with Crippen molar-refractivity contribution in [3.05, 3.63) is 12.2 Å². The second-order valence-electron chi connectivity index (χ2n) is 6.45. The zero-order valence-corrected chi connectivity index (χ0v) is 14.3. The first-order chi connectivity index (χ1) is 10.7. The molecule has 0 aromatic heterocycles. The molecule has 0 aromatic carbocycles. The van der Waals surface area contributed by atoms with Crippen molar-refractivity contribution in [1.82, 2.24) is 0 Å². The molecule has 1 aliphatic rings. The standard InChI is InChI=1S/C19H34O3/c1-2-3-4-5-6-7-8-9-10-11-12-13-14-17(20)18-15-16-19(21)22-18/h11-12,17-18,20H,2-10,13-16H2,1H3/b12-11+/t17-,18+/m1/s1. The molecular formula is C19H34O3. The monoisotopic (exact) mass is 310 g/mol. The molecule has 2 atom stereocenters. The largest absolute Gasteiger partial charge is 0.460 e. The van der Waals surface area contributed by atoms with Crippen molar-refractivity contribution < 1.29 is 14.6 Å². The number of carbonyl (C=O) groups is 1. The highest BCUT2D eigenvalue weighted by molar-refractivity contribution is 5.71. The summed E-state index contributed by atoms with van der Waals surface area (Å²) < 4.78 is 5.07. The Hall–Kier alpha value is -0.830. The van der Waals surface area contributed by atoms with E-state index in [0.717, 1.165) is 12.8 Å². The Morgan fingerprint density at radius 3 is 2.36 bits per heavy atom. The fourth-order valence-electron chi connectivity index (χ4n) is 2.90. The molecule has 1 fully saturated rings. The van der Waals surface area contributed by atoms with Crippen LogP contribution < -0.4 is 0 Å². The number of allylic oxidation sites excluding steroid dienone is 2. The maximum atomic E-state index is 11.0. The lowest BCUT2D eigenvalue weighted by atomic mass is 10.0. The summed E-state index contributed by atoms with van der Waals surface area (Å²) in [5, 5.41) is 9.92. The van der Waals surface area contributed by atoms with Crippen molar-refractivity contribution in [2.45, 2.75) is 103 Å². The van der Waals surface area contributed by atoms with Gasteiger partial charge in [-0.2, -0.15) is 0 Å². The highest BCUT2D eigenvalue weighted by atomic mass is 16.6. The van der Waals surface area contributed by atoms with E-state index in [-0.39, 0.29) is 12.1 Å². The van der Waals surface area contributed by atoms with Crippen LogP contribution in [0.2, 0.25) is 0 Å². The molecular weight excluding hydrogens is 276 g/mol. The number of esters is 1. The van der Waals surface area contributed by atoms with E-state index >= 15 is 0 Å². The number of hydrogen-bond donors (Lipinski definition) is 1. The third-order valence-electron chi connectivity index (χ3n) is 4.37. The minimum atomic E-state index is -0.501. The van der Waals surface area contributed by atoms with Gasteiger partial charge in [-0.1, -0.05) is 64.0 Å². The van der Waals surface area contributed by atoms with Gasteiger partial charge in [0.15, 0.2) is 0 Å². The Balaban J connectivity index is 1.87. The van der Waals surface area contributed by atoms with Gasteiger partial charge < -0.3 is 9.84 Å². The van der Waals surface area contributed by atoms with Crippen molar-refractivity contribution in [2.75, 3.05) is 0 Å². The molecule has 1 rings (SSSR count). The minimum Gasteiger partial charge on any atom is -0.460 e. The van der Waals surface area contributed by atoms with E-state index in [2.05, 4.69) is 19.1 Å². The molecule has 1 heterocycles. The van der Waals surface area contributed by atoms with Gasteiger partial charge in [-0.05, 0) is 32.1 Å². The van der Waals surface area contributed by atoms with Crippen LogP contribution in [0.15, 0.2) is 12.2 Å². The molecule has 0 amide bonds. The molecule has 22 heavy (non-hydrogen) atoms. The van der Waals surface area contributed by atoms with Gasteiger partial charge in [0.05, 0.1) is 6.10 Å². The first-order valence-electron chi connectivity index (χ1n) is 9.26. The molecule has 0 saturated carbocycles. The number of aliphatic hydroxyl groups is 1. The van der Waals surface area contributed by atoms with Crippen LogP contribution in [0.25, 0.3) is 0 Å². The van der Waals surface area contributed by atoms with Crippen LogP contribution in [0.4, 0.5) is 0 Å². The summed E-state index contributed by atoms with van der Waals surface area (Å²) in [6, 6.07) is 0. The number of carbonyl (C=O) groups excluding carboxylic acids is 1. The van der Waals surface area contributed by atoms with Crippen molar-refractivity contribution >= 4 is 5.97 Å². The van der Waals surface area contributed by atoms with Crippen LogP contribution in [0.5, 0.6) is 0 Å². The third kappa shape index (κ3) is 9.24. The molecule has 0 bridgehead atoms. The second kappa shape index (κ2) is 12.7. The number of rotatable bonds is 13. The third-order valence-corrected chi connectivity index (χ3v) is 4.37. The van der Waals surface area contributed by atoms with E-state index in [1.54, 1.807) is 0 Å². The number of hydrogen-bond acceptors (Lipinski definition) is 3. The summed E-state index contributed by atoms with van der Waals surface area (Å²) in [6.07, 6.45) is 18.3. The molecule has 128 valence electrons. The smallest absolute Gasteiger partial charge is 0.306 e. The molecule has 0 aliphatic carbocycles. The fraction of sp³-hybridized carbons (Fsp3) is 0.842. The molecule has 3 heteroatoms. The normalized spacial score (nSPS) is 19.7. The number of ether oxygens (including phenoxy) is 1. The average molecular weight is 310 g/mol. The van der Waals surface area contributed by atoms with Crippen molar-refractivity contribution in [1.29, 1.82) is 0 Å². The van der Waals surface area contributed by atoms with Gasteiger partial charge in [0.25, 0.3) is 0 Å². The molecule has 1 N–H and O–H groups in total. The first-order valence-corrected chi connectivity index (χ1v) is 9.26. The molecule has 0 spiro atoms. The van der Waals surface area contributed by atoms with Crippen LogP contribution in [0.3, 0.4) is 0 Å². The van der Waals surface area contributed by atoms with Crippen LogP contribution in [-0.2, 0) is 9.53 Å². The summed E-state index contributed by atoms with van der Waals surface area (Å²) in [5.41, 5.74) is 0. The lowest BCUT2D eigenvalue weighted by Crippen LogP contribution is -2.25. The van der Waals surface area contributed by atoms with Gasteiger partial charge in [0.2, 0.25) is 0 Å².